The van der Waals surface area contributed by atoms with Crippen LogP contribution in [-0.2, 0) is 25.6 Å². The van der Waals surface area contributed by atoms with Crippen LogP contribution in [0.1, 0.15) is 72.3 Å². The summed E-state index contributed by atoms with van der Waals surface area (Å²) < 4.78 is 23.4. The molecule has 1 unspecified atom stereocenters. The van der Waals surface area contributed by atoms with Crippen molar-refractivity contribution in [3.05, 3.63) is 23.8 Å². The molecule has 1 amide bonds. The van der Waals surface area contributed by atoms with Crippen molar-refractivity contribution in [1.29, 1.82) is 0 Å². The van der Waals surface area contributed by atoms with Crippen molar-refractivity contribution in [2.75, 3.05) is 58.0 Å². The maximum absolute atomic E-state index is 13.0. The van der Waals surface area contributed by atoms with Crippen LogP contribution in [-0.4, -0.2) is 76.8 Å². The molecule has 3 aliphatic heterocycles. The first kappa shape index (κ1) is 31.1. The minimum Gasteiger partial charge on any atom is -0.484 e. The van der Waals surface area contributed by atoms with E-state index in [0.717, 1.165) is 95.1 Å². The SMILES string of the molecule is COCCCN1CC(C)(C)Oc2ccc(CO[C@@H]3CC[C@@H](CC(C)(C)C(=O)NCC4CCOC[C@@H]4C)NC3)cc21. The fourth-order valence-electron chi connectivity index (χ4n) is 6.28. The van der Waals surface area contributed by atoms with Crippen LogP contribution in [0.4, 0.5) is 5.69 Å². The number of ether oxygens (including phenoxy) is 4. The van der Waals surface area contributed by atoms with Gasteiger partial charge in [-0.25, -0.2) is 0 Å². The lowest BCUT2D eigenvalue weighted by molar-refractivity contribution is -0.130. The molecule has 8 nitrogen and oxygen atoms in total. The number of benzene rings is 1. The highest BCUT2D eigenvalue weighted by atomic mass is 16.5. The highest BCUT2D eigenvalue weighted by Gasteiger charge is 2.34. The molecule has 3 aliphatic rings. The molecule has 0 radical (unpaired) electrons. The second-order valence-corrected chi connectivity index (χ2v) is 13.4. The molecule has 4 rings (SSSR count). The number of anilines is 1. The maximum Gasteiger partial charge on any atom is 0.225 e. The third kappa shape index (κ3) is 8.57. The molecule has 226 valence electrons. The van der Waals surface area contributed by atoms with Gasteiger partial charge in [0.1, 0.15) is 11.4 Å². The van der Waals surface area contributed by atoms with E-state index in [1.807, 2.05) is 0 Å². The van der Waals surface area contributed by atoms with E-state index in [0.29, 0.717) is 24.5 Å². The minimum atomic E-state index is -0.408. The summed E-state index contributed by atoms with van der Waals surface area (Å²) in [5, 5.41) is 6.90. The van der Waals surface area contributed by atoms with Gasteiger partial charge in [0.2, 0.25) is 5.91 Å². The van der Waals surface area contributed by atoms with E-state index >= 15 is 0 Å². The fraction of sp³-hybridized carbons (Fsp3) is 0.781. The number of carbonyl (C=O) groups is 1. The summed E-state index contributed by atoms with van der Waals surface area (Å²) in [6.07, 6.45) is 5.02. The van der Waals surface area contributed by atoms with E-state index in [2.05, 4.69) is 68.4 Å². The van der Waals surface area contributed by atoms with E-state index in [-0.39, 0.29) is 17.6 Å². The molecule has 40 heavy (non-hydrogen) atoms. The van der Waals surface area contributed by atoms with Gasteiger partial charge in [-0.3, -0.25) is 4.79 Å². The van der Waals surface area contributed by atoms with E-state index in [1.54, 1.807) is 7.11 Å². The minimum absolute atomic E-state index is 0.155. The summed E-state index contributed by atoms with van der Waals surface area (Å²) in [4.78, 5) is 15.4. The number of fused-ring (bicyclic) bond motifs is 1. The van der Waals surface area contributed by atoms with E-state index in [9.17, 15) is 4.79 Å². The van der Waals surface area contributed by atoms with E-state index in [1.165, 1.54) is 0 Å². The van der Waals surface area contributed by atoms with Crippen molar-refractivity contribution in [2.24, 2.45) is 17.3 Å². The van der Waals surface area contributed by atoms with Gasteiger partial charge < -0.3 is 34.5 Å². The molecule has 0 aliphatic carbocycles. The molecule has 0 bridgehead atoms. The summed E-state index contributed by atoms with van der Waals surface area (Å²) in [5.74, 6) is 2.10. The third-order valence-corrected chi connectivity index (χ3v) is 8.77. The van der Waals surface area contributed by atoms with Gasteiger partial charge in [-0.2, -0.15) is 0 Å². The quantitative estimate of drug-likeness (QED) is 0.364. The van der Waals surface area contributed by atoms with Gasteiger partial charge in [-0.1, -0.05) is 26.8 Å². The molecule has 1 aromatic carbocycles. The zero-order valence-corrected chi connectivity index (χ0v) is 25.7. The number of hydrogen-bond acceptors (Lipinski definition) is 7. The van der Waals surface area contributed by atoms with Crippen LogP contribution < -0.4 is 20.3 Å². The van der Waals surface area contributed by atoms with Gasteiger partial charge in [0.25, 0.3) is 0 Å². The third-order valence-electron chi connectivity index (χ3n) is 8.77. The van der Waals surface area contributed by atoms with Crippen molar-refractivity contribution in [3.63, 3.8) is 0 Å². The van der Waals surface area contributed by atoms with Crippen molar-refractivity contribution in [1.82, 2.24) is 10.6 Å². The Hall–Kier alpha value is -1.87. The van der Waals surface area contributed by atoms with Crippen molar-refractivity contribution in [2.45, 2.75) is 91.1 Å². The highest BCUT2D eigenvalue weighted by Crippen LogP contribution is 2.38. The summed E-state index contributed by atoms with van der Waals surface area (Å²) in [5.41, 5.74) is 1.68. The van der Waals surface area contributed by atoms with Gasteiger partial charge in [0.15, 0.2) is 0 Å². The Labute approximate surface area is 241 Å². The van der Waals surface area contributed by atoms with Gasteiger partial charge in [0, 0.05) is 58.0 Å². The standard InChI is InChI=1S/C32H53N3O5/c1-23-20-38-15-12-25(23)18-34-30(36)31(2,3)17-26-9-10-27(19-33-26)39-21-24-8-11-29-28(16-24)35(13-7-14-37-6)22-32(4,5)40-29/h8,11,16,23,25-27,33H,7,9-10,12-15,17-22H2,1-6H3,(H,34,36)/t23-,25?,26-,27+/m0/s1. The topological polar surface area (TPSA) is 81.3 Å². The van der Waals surface area contributed by atoms with Gasteiger partial charge >= 0.3 is 0 Å². The fourth-order valence-corrected chi connectivity index (χ4v) is 6.28. The molecule has 2 N–H and O–H groups in total. The molecule has 3 heterocycles. The monoisotopic (exact) mass is 559 g/mol. The Bertz CT molecular complexity index is 960. The molecule has 2 saturated heterocycles. The van der Waals surface area contributed by atoms with Gasteiger partial charge in [-0.05, 0) is 75.5 Å². The summed E-state index contributed by atoms with van der Waals surface area (Å²) >= 11 is 0. The molecule has 0 saturated carbocycles. The van der Waals surface area contributed by atoms with Crippen LogP contribution >= 0.6 is 0 Å². The largest absolute Gasteiger partial charge is 0.484 e. The zero-order chi connectivity index (χ0) is 28.8. The molecule has 8 heteroatoms. The second-order valence-electron chi connectivity index (χ2n) is 13.4. The predicted octanol–water partition coefficient (Wildman–Crippen LogP) is 4.54. The molecular weight excluding hydrogens is 506 g/mol. The first-order valence-corrected chi connectivity index (χ1v) is 15.3. The predicted molar refractivity (Wildman–Crippen MR) is 159 cm³/mol. The Kier molecular flexibility index (Phi) is 10.8. The first-order valence-electron chi connectivity index (χ1n) is 15.3. The van der Waals surface area contributed by atoms with Crippen molar-refractivity contribution in [3.8, 4) is 5.75 Å². The molecular formula is C32H53N3O5. The van der Waals surface area contributed by atoms with Crippen LogP contribution in [0.2, 0.25) is 0 Å². The first-order chi connectivity index (χ1) is 19.1. The zero-order valence-electron chi connectivity index (χ0n) is 25.7. The Morgan fingerprint density at radius 3 is 2.80 bits per heavy atom. The van der Waals surface area contributed by atoms with Crippen LogP contribution in [0.15, 0.2) is 18.2 Å². The lowest BCUT2D eigenvalue weighted by Gasteiger charge is -2.41. The summed E-state index contributed by atoms with van der Waals surface area (Å²) in [6.45, 7) is 16.9. The van der Waals surface area contributed by atoms with Crippen LogP contribution in [0, 0.1) is 17.3 Å². The number of piperidine rings is 1. The molecule has 2 fully saturated rings. The molecule has 0 spiro atoms. The van der Waals surface area contributed by atoms with Gasteiger partial charge in [-0.15, -0.1) is 0 Å². The van der Waals surface area contributed by atoms with E-state index < -0.39 is 5.41 Å². The lowest BCUT2D eigenvalue weighted by Crippen LogP contribution is -2.48. The Balaban J connectivity index is 1.22. The van der Waals surface area contributed by atoms with Gasteiger partial charge in [0.05, 0.1) is 24.9 Å². The summed E-state index contributed by atoms with van der Waals surface area (Å²) in [6, 6.07) is 6.75. The number of nitrogens with zero attached hydrogens (tertiary/aromatic N) is 1. The molecule has 0 aromatic heterocycles. The summed E-state index contributed by atoms with van der Waals surface area (Å²) in [7, 11) is 1.75. The lowest BCUT2D eigenvalue weighted by atomic mass is 9.81. The number of carbonyl (C=O) groups excluding carboxylic acids is 1. The number of methoxy groups -OCH3 is 1. The van der Waals surface area contributed by atoms with E-state index in [4.69, 9.17) is 18.9 Å². The van der Waals surface area contributed by atoms with Crippen LogP contribution in [0.3, 0.4) is 0 Å². The smallest absolute Gasteiger partial charge is 0.225 e. The Morgan fingerprint density at radius 1 is 1.25 bits per heavy atom. The molecule has 4 atom stereocenters. The number of amides is 1. The van der Waals surface area contributed by atoms with Crippen molar-refractivity contribution < 1.29 is 23.7 Å². The van der Waals surface area contributed by atoms with Crippen LogP contribution in [0.25, 0.3) is 0 Å². The normalized spacial score (nSPS) is 26.6. The number of rotatable bonds is 12. The number of hydrogen-bond donors (Lipinski definition) is 2. The van der Waals surface area contributed by atoms with Crippen LogP contribution in [0.5, 0.6) is 5.75 Å². The number of nitrogens with one attached hydrogen (secondary N) is 2. The average molecular weight is 560 g/mol. The molecule has 1 aromatic rings. The average Bonchev–Trinajstić information content (AvgIpc) is 2.91. The van der Waals surface area contributed by atoms with Crippen molar-refractivity contribution >= 4 is 11.6 Å². The maximum atomic E-state index is 13.0. The Morgan fingerprint density at radius 2 is 2.08 bits per heavy atom. The second kappa shape index (κ2) is 13.9. The highest BCUT2D eigenvalue weighted by molar-refractivity contribution is 5.81.